The molecule has 2 aromatic rings. The van der Waals surface area contributed by atoms with Crippen LogP contribution in [0.4, 0.5) is 17.6 Å². The van der Waals surface area contributed by atoms with Crippen LogP contribution in [0.2, 0.25) is 5.02 Å². The van der Waals surface area contributed by atoms with Crippen LogP contribution in [-0.4, -0.2) is 30.7 Å². The summed E-state index contributed by atoms with van der Waals surface area (Å²) in [4.78, 5) is 28.5. The number of carbonyl (C=O) groups excluding carboxylic acids is 2. The predicted molar refractivity (Wildman–Crippen MR) is 100 cm³/mol. The first kappa shape index (κ1) is 21.8. The Morgan fingerprint density at radius 2 is 1.83 bits per heavy atom. The van der Waals surface area contributed by atoms with E-state index >= 15 is 0 Å². The number of aliphatic imine (C=N–C) groups is 1. The molecular weight excluding hydrogens is 428 g/mol. The molecule has 30 heavy (non-hydrogen) atoms. The van der Waals surface area contributed by atoms with Gasteiger partial charge in [0.15, 0.2) is 0 Å². The second-order valence-corrected chi connectivity index (χ2v) is 6.82. The Hall–Kier alpha value is -2.94. The Bertz CT molecular complexity index is 1010. The maximum Gasteiger partial charge on any atom is 0.314 e. The number of amidine groups is 1. The van der Waals surface area contributed by atoms with Gasteiger partial charge in [0.05, 0.1) is 24.3 Å². The summed E-state index contributed by atoms with van der Waals surface area (Å²) in [5.74, 6) is -6.80. The zero-order valence-corrected chi connectivity index (χ0v) is 16.2. The summed E-state index contributed by atoms with van der Waals surface area (Å²) in [5.41, 5.74) is -0.571. The van der Waals surface area contributed by atoms with E-state index in [0.29, 0.717) is 18.4 Å². The maximum absolute atomic E-state index is 14.3. The van der Waals surface area contributed by atoms with Crippen molar-refractivity contribution in [2.45, 2.75) is 19.0 Å². The SMILES string of the molecule is CCOC(=O)C1C(C=O)NC(c2c(F)cc(F)cc2F)=NC1c1ccc(F)cc1Cl. The van der Waals surface area contributed by atoms with Crippen molar-refractivity contribution in [3.63, 3.8) is 0 Å². The lowest BCUT2D eigenvalue weighted by atomic mass is 9.85. The molecule has 1 aliphatic heterocycles. The normalized spacial score (nSPS) is 20.9. The Labute approximate surface area is 173 Å². The molecule has 0 radical (unpaired) electrons. The topological polar surface area (TPSA) is 67.8 Å². The van der Waals surface area contributed by atoms with Gasteiger partial charge in [0.1, 0.15) is 41.3 Å². The second-order valence-electron chi connectivity index (χ2n) is 6.42. The van der Waals surface area contributed by atoms with Crippen LogP contribution in [0, 0.1) is 29.2 Å². The average Bonchev–Trinajstić information content (AvgIpc) is 2.66. The van der Waals surface area contributed by atoms with Crippen molar-refractivity contribution in [2.24, 2.45) is 10.9 Å². The molecule has 1 aliphatic rings. The van der Waals surface area contributed by atoms with E-state index in [4.69, 9.17) is 16.3 Å². The average molecular weight is 443 g/mol. The van der Waals surface area contributed by atoms with Gasteiger partial charge in [0.2, 0.25) is 0 Å². The highest BCUT2D eigenvalue weighted by Crippen LogP contribution is 2.37. The van der Waals surface area contributed by atoms with Gasteiger partial charge in [-0.2, -0.15) is 0 Å². The van der Waals surface area contributed by atoms with Crippen molar-refractivity contribution in [3.8, 4) is 0 Å². The van der Waals surface area contributed by atoms with E-state index in [2.05, 4.69) is 10.3 Å². The third-order valence-corrected chi connectivity index (χ3v) is 4.86. The molecule has 0 amide bonds. The van der Waals surface area contributed by atoms with E-state index in [1.807, 2.05) is 0 Å². The predicted octanol–water partition coefficient (Wildman–Crippen LogP) is 3.73. The maximum atomic E-state index is 14.3. The van der Waals surface area contributed by atoms with Crippen LogP contribution in [0.5, 0.6) is 0 Å². The lowest BCUT2D eigenvalue weighted by Crippen LogP contribution is -2.51. The van der Waals surface area contributed by atoms with Gasteiger partial charge in [-0.15, -0.1) is 0 Å². The molecule has 0 spiro atoms. The van der Waals surface area contributed by atoms with Crippen LogP contribution in [0.1, 0.15) is 24.1 Å². The fourth-order valence-corrected chi connectivity index (χ4v) is 3.52. The Balaban J connectivity index is 2.21. The number of carbonyl (C=O) groups is 2. The molecule has 5 nitrogen and oxygen atoms in total. The van der Waals surface area contributed by atoms with Crippen LogP contribution in [0.25, 0.3) is 0 Å². The Morgan fingerprint density at radius 1 is 1.17 bits per heavy atom. The van der Waals surface area contributed by atoms with Gasteiger partial charge in [-0.3, -0.25) is 9.79 Å². The molecule has 0 aliphatic carbocycles. The molecule has 3 unspecified atom stereocenters. The largest absolute Gasteiger partial charge is 0.466 e. The molecule has 3 atom stereocenters. The highest BCUT2D eigenvalue weighted by atomic mass is 35.5. The van der Waals surface area contributed by atoms with E-state index in [1.165, 1.54) is 6.07 Å². The van der Waals surface area contributed by atoms with Gasteiger partial charge in [0.25, 0.3) is 0 Å². The zero-order valence-electron chi connectivity index (χ0n) is 15.5. The molecule has 0 saturated heterocycles. The summed E-state index contributed by atoms with van der Waals surface area (Å²) in [6.45, 7) is 1.56. The minimum absolute atomic E-state index is 0.00255. The monoisotopic (exact) mass is 442 g/mol. The molecule has 10 heteroatoms. The summed E-state index contributed by atoms with van der Waals surface area (Å²) < 4.78 is 60.4. The number of ether oxygens (including phenoxy) is 1. The number of hydrogen-bond acceptors (Lipinski definition) is 5. The van der Waals surface area contributed by atoms with E-state index in [1.54, 1.807) is 6.92 Å². The van der Waals surface area contributed by atoms with Crippen molar-refractivity contribution in [2.75, 3.05) is 6.61 Å². The quantitative estimate of drug-likeness (QED) is 0.435. The molecule has 0 saturated carbocycles. The first-order valence-electron chi connectivity index (χ1n) is 8.83. The van der Waals surface area contributed by atoms with E-state index in [9.17, 15) is 27.2 Å². The van der Waals surface area contributed by atoms with Crippen LogP contribution in [0.3, 0.4) is 0 Å². The van der Waals surface area contributed by atoms with Crippen LogP contribution < -0.4 is 5.32 Å². The molecule has 0 fully saturated rings. The smallest absolute Gasteiger partial charge is 0.314 e. The lowest BCUT2D eigenvalue weighted by molar-refractivity contribution is -0.150. The van der Waals surface area contributed by atoms with Gasteiger partial charge in [-0.1, -0.05) is 17.7 Å². The summed E-state index contributed by atoms with van der Waals surface area (Å²) >= 11 is 6.11. The zero-order chi connectivity index (χ0) is 22.0. The fourth-order valence-electron chi connectivity index (χ4n) is 3.24. The van der Waals surface area contributed by atoms with Crippen LogP contribution >= 0.6 is 11.6 Å². The van der Waals surface area contributed by atoms with Gasteiger partial charge < -0.3 is 14.8 Å². The van der Waals surface area contributed by atoms with E-state index in [-0.39, 0.29) is 17.2 Å². The number of hydrogen-bond donors (Lipinski definition) is 1. The molecule has 1 heterocycles. The highest BCUT2D eigenvalue weighted by molar-refractivity contribution is 6.31. The van der Waals surface area contributed by atoms with Crippen molar-refractivity contribution < 1.29 is 31.9 Å². The number of halogens is 5. The summed E-state index contributed by atoms with van der Waals surface area (Å²) in [6, 6.07) is 1.67. The number of aldehydes is 1. The third-order valence-electron chi connectivity index (χ3n) is 4.53. The van der Waals surface area contributed by atoms with Gasteiger partial charge in [0, 0.05) is 17.2 Å². The van der Waals surface area contributed by atoms with Gasteiger partial charge in [-0.25, -0.2) is 17.6 Å². The molecule has 0 aromatic heterocycles. The van der Waals surface area contributed by atoms with E-state index < -0.39 is 58.6 Å². The number of esters is 1. The van der Waals surface area contributed by atoms with Crippen molar-refractivity contribution >= 4 is 29.7 Å². The number of rotatable bonds is 5. The molecule has 1 N–H and O–H groups in total. The second kappa shape index (κ2) is 8.83. The number of nitrogens with zero attached hydrogens (tertiary/aromatic N) is 1. The molecule has 158 valence electrons. The molecule has 0 bridgehead atoms. The van der Waals surface area contributed by atoms with Crippen LogP contribution in [0.15, 0.2) is 35.3 Å². The summed E-state index contributed by atoms with van der Waals surface area (Å²) in [7, 11) is 0. The fraction of sp³-hybridized carbons (Fsp3) is 0.250. The van der Waals surface area contributed by atoms with Crippen molar-refractivity contribution in [3.05, 3.63) is 69.8 Å². The van der Waals surface area contributed by atoms with Crippen LogP contribution in [-0.2, 0) is 14.3 Å². The first-order valence-corrected chi connectivity index (χ1v) is 9.20. The molecular formula is C20H15ClF4N2O3. The van der Waals surface area contributed by atoms with E-state index in [0.717, 1.165) is 12.1 Å². The number of benzene rings is 2. The van der Waals surface area contributed by atoms with Crippen molar-refractivity contribution in [1.29, 1.82) is 0 Å². The summed E-state index contributed by atoms with van der Waals surface area (Å²) in [6.07, 6.45) is 0.361. The minimum atomic E-state index is -1.30. The summed E-state index contributed by atoms with van der Waals surface area (Å²) in [5, 5.41) is 2.39. The molecule has 3 rings (SSSR count). The molecule has 2 aromatic carbocycles. The lowest BCUT2D eigenvalue weighted by Gasteiger charge is -2.34. The van der Waals surface area contributed by atoms with Crippen molar-refractivity contribution in [1.82, 2.24) is 5.32 Å². The Morgan fingerprint density at radius 3 is 2.40 bits per heavy atom. The third kappa shape index (κ3) is 4.16. The first-order chi connectivity index (χ1) is 14.3. The highest BCUT2D eigenvalue weighted by Gasteiger charge is 2.43. The minimum Gasteiger partial charge on any atom is -0.466 e. The standard InChI is InChI=1S/C20H15ClF4N2O3/c1-2-30-20(29)17-15(8-28)26-19(16-13(24)6-10(23)7-14(16)25)27-18(17)11-4-3-9(22)5-12(11)21/h3-8,15,17-18H,2H2,1H3,(H,26,27). The van der Waals surface area contributed by atoms with Gasteiger partial charge >= 0.3 is 5.97 Å². The number of nitrogens with one attached hydrogen (secondary N) is 1. The van der Waals surface area contributed by atoms with Gasteiger partial charge in [-0.05, 0) is 24.6 Å². The Kier molecular flexibility index (Phi) is 6.40.